The molecule has 4 unspecified atom stereocenters. The Morgan fingerprint density at radius 1 is 1.00 bits per heavy atom. The molecule has 0 aromatic heterocycles. The van der Waals surface area contributed by atoms with Crippen LogP contribution in [0.15, 0.2) is 24.3 Å². The number of nitrogens with zero attached hydrogens (tertiary/aromatic N) is 1. The Morgan fingerprint density at radius 3 is 1.84 bits per heavy atom. The highest BCUT2D eigenvalue weighted by molar-refractivity contribution is 6.07. The lowest BCUT2D eigenvalue weighted by Gasteiger charge is -2.30. The summed E-state index contributed by atoms with van der Waals surface area (Å²) in [5.41, 5.74) is 0.756. The van der Waals surface area contributed by atoms with Crippen molar-refractivity contribution < 1.29 is 14.3 Å². The van der Waals surface area contributed by atoms with E-state index in [1.807, 2.05) is 38.1 Å². The van der Waals surface area contributed by atoms with Crippen LogP contribution in [0.2, 0.25) is 0 Å². The molecule has 4 rings (SSSR count). The summed E-state index contributed by atoms with van der Waals surface area (Å²) >= 11 is 0. The molecule has 1 aromatic carbocycles. The van der Waals surface area contributed by atoms with Gasteiger partial charge < -0.3 is 4.74 Å². The van der Waals surface area contributed by atoms with Crippen molar-refractivity contribution in [2.75, 3.05) is 7.05 Å². The Balaban J connectivity index is 2.03. The predicted octanol–water partition coefficient (Wildman–Crippen LogP) is 1.39. The maximum absolute atomic E-state index is 12.4. The largest absolute Gasteiger partial charge is 0.358 e. The lowest BCUT2D eigenvalue weighted by atomic mass is 9.66. The van der Waals surface area contributed by atoms with Crippen LogP contribution in [0.4, 0.5) is 0 Å². The van der Waals surface area contributed by atoms with E-state index < -0.39 is 11.2 Å². The monoisotopic (exact) mass is 257 g/mol. The molecule has 2 amide bonds. The summed E-state index contributed by atoms with van der Waals surface area (Å²) in [6.07, 6.45) is 0. The van der Waals surface area contributed by atoms with Crippen molar-refractivity contribution in [3.8, 4) is 0 Å². The number of imide groups is 1. The summed E-state index contributed by atoms with van der Waals surface area (Å²) in [5, 5.41) is 0. The molecule has 3 aliphatic rings. The molecule has 19 heavy (non-hydrogen) atoms. The molecular formula is C15H15NO3. The van der Waals surface area contributed by atoms with Crippen LogP contribution in [0.3, 0.4) is 0 Å². The third kappa shape index (κ3) is 0.951. The maximum atomic E-state index is 12.4. The minimum atomic E-state index is -0.673. The van der Waals surface area contributed by atoms with E-state index in [1.54, 1.807) is 7.05 Å². The Kier molecular flexibility index (Phi) is 1.71. The van der Waals surface area contributed by atoms with Crippen LogP contribution in [0.5, 0.6) is 0 Å². The Hall–Kier alpha value is -1.68. The van der Waals surface area contributed by atoms with E-state index in [0.29, 0.717) is 0 Å². The zero-order valence-electron chi connectivity index (χ0n) is 11.1. The molecule has 3 aliphatic heterocycles. The molecule has 0 radical (unpaired) electrons. The van der Waals surface area contributed by atoms with Crippen molar-refractivity contribution in [2.24, 2.45) is 11.8 Å². The van der Waals surface area contributed by atoms with E-state index in [9.17, 15) is 9.59 Å². The average molecular weight is 257 g/mol. The van der Waals surface area contributed by atoms with Gasteiger partial charge in [-0.05, 0) is 25.0 Å². The van der Waals surface area contributed by atoms with Crippen LogP contribution < -0.4 is 0 Å². The molecule has 0 spiro atoms. The first-order chi connectivity index (χ1) is 8.91. The number of amides is 2. The van der Waals surface area contributed by atoms with Gasteiger partial charge in [-0.15, -0.1) is 0 Å². The van der Waals surface area contributed by atoms with E-state index in [4.69, 9.17) is 4.74 Å². The lowest BCUT2D eigenvalue weighted by molar-refractivity contribution is -0.149. The Bertz CT molecular complexity index is 587. The predicted molar refractivity (Wildman–Crippen MR) is 67.0 cm³/mol. The van der Waals surface area contributed by atoms with Crippen molar-refractivity contribution in [1.82, 2.24) is 4.90 Å². The van der Waals surface area contributed by atoms with Crippen LogP contribution in [0.1, 0.15) is 25.0 Å². The van der Waals surface area contributed by atoms with Gasteiger partial charge in [-0.1, -0.05) is 24.3 Å². The number of fused-ring (bicyclic) bond motifs is 8. The summed E-state index contributed by atoms with van der Waals surface area (Å²) < 4.78 is 6.21. The third-order valence-corrected chi connectivity index (χ3v) is 5.13. The molecule has 4 nitrogen and oxygen atoms in total. The first-order valence-electron chi connectivity index (χ1n) is 6.53. The van der Waals surface area contributed by atoms with Gasteiger partial charge in [0.05, 0.1) is 11.8 Å². The second-order valence-corrected chi connectivity index (χ2v) is 6.05. The van der Waals surface area contributed by atoms with Crippen molar-refractivity contribution in [3.05, 3.63) is 35.4 Å². The highest BCUT2D eigenvalue weighted by Gasteiger charge is 2.73. The van der Waals surface area contributed by atoms with Crippen LogP contribution in [0, 0.1) is 11.8 Å². The summed E-state index contributed by atoms with van der Waals surface area (Å²) in [7, 11) is 1.57. The topological polar surface area (TPSA) is 46.6 Å². The van der Waals surface area contributed by atoms with Gasteiger partial charge >= 0.3 is 0 Å². The van der Waals surface area contributed by atoms with Crippen LogP contribution >= 0.6 is 0 Å². The van der Waals surface area contributed by atoms with Gasteiger partial charge in [-0.25, -0.2) is 0 Å². The van der Waals surface area contributed by atoms with Gasteiger partial charge in [0.1, 0.15) is 11.2 Å². The number of hydrogen-bond donors (Lipinski definition) is 0. The minimum absolute atomic E-state index is 0.115. The Labute approximate surface area is 111 Å². The number of ether oxygens (including phenoxy) is 1. The summed E-state index contributed by atoms with van der Waals surface area (Å²) in [6.45, 7) is 3.87. The molecule has 2 saturated heterocycles. The first kappa shape index (κ1) is 11.2. The van der Waals surface area contributed by atoms with E-state index in [-0.39, 0.29) is 23.7 Å². The van der Waals surface area contributed by atoms with Gasteiger partial charge in [-0.3, -0.25) is 14.5 Å². The molecule has 98 valence electrons. The quantitative estimate of drug-likeness (QED) is 0.660. The lowest BCUT2D eigenvalue weighted by Crippen LogP contribution is -2.38. The standard InChI is InChI=1S/C15H15NO3/c1-14-8-6-4-5-7-9(8)15(2,19-14)11-10(14)12(17)16(3)13(11)18/h4-7,10-11H,1-3H3. The van der Waals surface area contributed by atoms with Crippen LogP contribution in [0.25, 0.3) is 0 Å². The zero-order valence-corrected chi connectivity index (χ0v) is 11.1. The van der Waals surface area contributed by atoms with Crippen molar-refractivity contribution in [3.63, 3.8) is 0 Å². The fraction of sp³-hybridized carbons (Fsp3) is 0.467. The molecule has 0 N–H and O–H groups in total. The smallest absolute Gasteiger partial charge is 0.236 e. The van der Waals surface area contributed by atoms with E-state index in [2.05, 4.69) is 0 Å². The maximum Gasteiger partial charge on any atom is 0.236 e. The van der Waals surface area contributed by atoms with Gasteiger partial charge in [0.2, 0.25) is 11.8 Å². The Morgan fingerprint density at radius 2 is 1.42 bits per heavy atom. The SMILES string of the molecule is CN1C(=O)C2C(C1=O)C1(C)OC2(C)c2ccccc21. The van der Waals surface area contributed by atoms with Crippen molar-refractivity contribution in [2.45, 2.75) is 25.0 Å². The van der Waals surface area contributed by atoms with Crippen molar-refractivity contribution in [1.29, 1.82) is 0 Å². The average Bonchev–Trinajstić information content (AvgIpc) is 2.88. The fourth-order valence-electron chi connectivity index (χ4n) is 4.28. The number of likely N-dealkylation sites (tertiary alicyclic amines) is 1. The van der Waals surface area contributed by atoms with Gasteiger partial charge in [0.15, 0.2) is 0 Å². The zero-order chi connectivity index (χ0) is 13.6. The third-order valence-electron chi connectivity index (χ3n) is 5.13. The first-order valence-corrected chi connectivity index (χ1v) is 6.53. The van der Waals surface area contributed by atoms with E-state index in [1.165, 1.54) is 4.90 Å². The normalized spacial score (nSPS) is 42.8. The van der Waals surface area contributed by atoms with Gasteiger partial charge in [0, 0.05) is 7.05 Å². The number of hydrogen-bond acceptors (Lipinski definition) is 3. The highest BCUT2D eigenvalue weighted by Crippen LogP contribution is 2.66. The minimum Gasteiger partial charge on any atom is -0.358 e. The molecule has 2 fully saturated rings. The van der Waals surface area contributed by atoms with Crippen LogP contribution in [-0.4, -0.2) is 23.8 Å². The van der Waals surface area contributed by atoms with E-state index >= 15 is 0 Å². The second-order valence-electron chi connectivity index (χ2n) is 6.05. The molecule has 4 heteroatoms. The summed E-state index contributed by atoms with van der Waals surface area (Å²) in [5.74, 6) is -0.999. The number of carbonyl (C=O) groups excluding carboxylic acids is 2. The molecule has 0 aliphatic carbocycles. The van der Waals surface area contributed by atoms with Gasteiger partial charge in [-0.2, -0.15) is 0 Å². The van der Waals surface area contributed by atoms with E-state index in [0.717, 1.165) is 11.1 Å². The fourth-order valence-corrected chi connectivity index (χ4v) is 4.28. The molecule has 0 saturated carbocycles. The summed E-state index contributed by atoms with van der Waals surface area (Å²) in [4.78, 5) is 26.0. The molecule has 4 atom stereocenters. The van der Waals surface area contributed by atoms with Crippen LogP contribution in [-0.2, 0) is 25.5 Å². The number of carbonyl (C=O) groups is 2. The highest BCUT2D eigenvalue weighted by atomic mass is 16.5. The molecule has 2 bridgehead atoms. The van der Waals surface area contributed by atoms with Crippen molar-refractivity contribution >= 4 is 11.8 Å². The number of rotatable bonds is 0. The second kappa shape index (κ2) is 2.90. The molecule has 3 heterocycles. The molecule has 1 aromatic rings. The summed E-state index contributed by atoms with van der Waals surface area (Å²) in [6, 6.07) is 7.93. The number of benzene rings is 1. The molecular weight excluding hydrogens is 242 g/mol. The van der Waals surface area contributed by atoms with Gasteiger partial charge in [0.25, 0.3) is 0 Å².